The van der Waals surface area contributed by atoms with E-state index in [4.69, 9.17) is 10.00 Å². The number of aliphatic hydroxyl groups is 1. The van der Waals surface area contributed by atoms with Crippen molar-refractivity contribution in [1.82, 2.24) is 9.88 Å². The van der Waals surface area contributed by atoms with E-state index in [1.54, 1.807) is 31.0 Å². The van der Waals surface area contributed by atoms with E-state index >= 15 is 0 Å². The highest BCUT2D eigenvalue weighted by molar-refractivity contribution is 5.70. The number of hydrogen-bond acceptors (Lipinski definition) is 5. The number of carbonyl (C=O) groups excluding carboxylic acids is 1. The zero-order valence-electron chi connectivity index (χ0n) is 19.7. The number of nitriles is 1. The maximum Gasteiger partial charge on any atom is 0.411 e. The first-order valence-electron chi connectivity index (χ1n) is 11.4. The molecule has 1 aliphatic heterocycles. The van der Waals surface area contributed by atoms with Crippen LogP contribution in [0, 0.1) is 11.3 Å². The number of nitrogens with zero attached hydrogens (tertiary/aromatic N) is 3. The first-order valence-corrected chi connectivity index (χ1v) is 11.4. The maximum absolute atomic E-state index is 13.2. The van der Waals surface area contributed by atoms with E-state index in [1.807, 2.05) is 67.6 Å². The highest BCUT2D eigenvalue weighted by atomic mass is 16.6. The molecule has 0 radical (unpaired) electrons. The largest absolute Gasteiger partial charge is 0.438 e. The summed E-state index contributed by atoms with van der Waals surface area (Å²) >= 11 is 0. The van der Waals surface area contributed by atoms with E-state index in [0.717, 1.165) is 22.4 Å². The lowest BCUT2D eigenvalue weighted by molar-refractivity contribution is -0.101. The van der Waals surface area contributed by atoms with Crippen LogP contribution in [0.4, 0.5) is 4.79 Å². The molecule has 2 unspecified atom stereocenters. The Morgan fingerprint density at radius 2 is 1.85 bits per heavy atom. The van der Waals surface area contributed by atoms with E-state index in [2.05, 4.69) is 11.1 Å². The van der Waals surface area contributed by atoms with Gasteiger partial charge in [-0.05, 0) is 44.0 Å². The number of hydrogen-bond donors (Lipinski definition) is 1. The fourth-order valence-electron chi connectivity index (χ4n) is 4.63. The van der Waals surface area contributed by atoms with E-state index in [9.17, 15) is 9.90 Å². The van der Waals surface area contributed by atoms with Crippen molar-refractivity contribution in [2.24, 2.45) is 0 Å². The molecule has 2 aromatic carbocycles. The Morgan fingerprint density at radius 1 is 1.15 bits per heavy atom. The molecule has 4 rings (SSSR count). The molecule has 2 atom stereocenters. The summed E-state index contributed by atoms with van der Waals surface area (Å²) in [5.41, 5.74) is 2.29. The zero-order chi connectivity index (χ0) is 24.3. The van der Waals surface area contributed by atoms with Crippen LogP contribution in [-0.4, -0.2) is 33.2 Å². The topological polar surface area (TPSA) is 86.5 Å². The molecule has 1 fully saturated rings. The molecule has 6 heteroatoms. The molecule has 3 aromatic rings. The van der Waals surface area contributed by atoms with Gasteiger partial charge in [-0.3, -0.25) is 4.98 Å². The van der Waals surface area contributed by atoms with Crippen molar-refractivity contribution in [2.75, 3.05) is 6.54 Å². The molecule has 6 nitrogen and oxygen atoms in total. The molecule has 1 N–H and O–H groups in total. The normalized spacial score (nSPS) is 19.3. The van der Waals surface area contributed by atoms with Crippen LogP contribution in [0.15, 0.2) is 72.9 Å². The van der Waals surface area contributed by atoms with E-state index in [0.29, 0.717) is 24.9 Å². The van der Waals surface area contributed by atoms with Gasteiger partial charge < -0.3 is 14.7 Å². The summed E-state index contributed by atoms with van der Waals surface area (Å²) < 4.78 is 6.10. The smallest absolute Gasteiger partial charge is 0.411 e. The van der Waals surface area contributed by atoms with Crippen molar-refractivity contribution in [3.63, 3.8) is 0 Å². The molecule has 34 heavy (non-hydrogen) atoms. The van der Waals surface area contributed by atoms with Crippen molar-refractivity contribution in [1.29, 1.82) is 5.26 Å². The molecular weight excluding hydrogens is 426 g/mol. The standard InChI is InChI=1S/C28H29N3O3/c1-20(22-10-12-23(13-11-22)25-14-9-21(17-29)18-30-25)31-16-15-28(34-26(31)32,19-27(2,3)33)24-7-5-4-6-8-24/h4-14,18,20,33H,15-16,19H2,1-3H3. The molecule has 0 bridgehead atoms. The van der Waals surface area contributed by atoms with Gasteiger partial charge in [0.2, 0.25) is 0 Å². The van der Waals surface area contributed by atoms with Gasteiger partial charge in [0.25, 0.3) is 0 Å². The number of amides is 1. The second-order valence-corrected chi connectivity index (χ2v) is 9.50. The summed E-state index contributed by atoms with van der Waals surface area (Å²) in [5.74, 6) is 0. The van der Waals surface area contributed by atoms with Crippen LogP contribution in [-0.2, 0) is 10.3 Å². The number of cyclic esters (lactones) is 1. The van der Waals surface area contributed by atoms with Crippen LogP contribution in [0.25, 0.3) is 11.3 Å². The summed E-state index contributed by atoms with van der Waals surface area (Å²) in [5, 5.41) is 19.5. The highest BCUT2D eigenvalue weighted by Gasteiger charge is 2.46. The first kappa shape index (κ1) is 23.5. The molecule has 1 amide bonds. The van der Waals surface area contributed by atoms with Gasteiger partial charge in [0.15, 0.2) is 0 Å². The van der Waals surface area contributed by atoms with Crippen molar-refractivity contribution in [3.8, 4) is 17.3 Å². The number of benzene rings is 2. The van der Waals surface area contributed by atoms with Crippen LogP contribution in [0.2, 0.25) is 0 Å². The maximum atomic E-state index is 13.2. The zero-order valence-corrected chi connectivity index (χ0v) is 19.7. The van der Waals surface area contributed by atoms with Gasteiger partial charge in [0, 0.05) is 31.1 Å². The van der Waals surface area contributed by atoms with Crippen LogP contribution in [0.3, 0.4) is 0 Å². The van der Waals surface area contributed by atoms with Gasteiger partial charge in [-0.25, -0.2) is 4.79 Å². The number of ether oxygens (including phenoxy) is 1. The monoisotopic (exact) mass is 455 g/mol. The molecule has 0 saturated carbocycles. The molecule has 1 saturated heterocycles. The van der Waals surface area contributed by atoms with Gasteiger partial charge in [0.05, 0.1) is 22.9 Å². The summed E-state index contributed by atoms with van der Waals surface area (Å²) in [6.07, 6.45) is 2.08. The lowest BCUT2D eigenvalue weighted by Gasteiger charge is -2.45. The Bertz CT molecular complexity index is 1180. The third-order valence-corrected chi connectivity index (χ3v) is 6.34. The van der Waals surface area contributed by atoms with Crippen molar-refractivity contribution in [2.45, 2.75) is 50.9 Å². The summed E-state index contributed by atoms with van der Waals surface area (Å²) in [6.45, 7) is 5.99. The summed E-state index contributed by atoms with van der Waals surface area (Å²) in [7, 11) is 0. The average molecular weight is 456 g/mol. The van der Waals surface area contributed by atoms with Gasteiger partial charge in [-0.2, -0.15) is 5.26 Å². The molecule has 1 aromatic heterocycles. The van der Waals surface area contributed by atoms with Crippen molar-refractivity contribution >= 4 is 6.09 Å². The van der Waals surface area contributed by atoms with Crippen molar-refractivity contribution in [3.05, 3.63) is 89.6 Å². The van der Waals surface area contributed by atoms with Crippen LogP contribution < -0.4 is 0 Å². The Morgan fingerprint density at radius 3 is 2.41 bits per heavy atom. The van der Waals surface area contributed by atoms with E-state index < -0.39 is 11.2 Å². The fraction of sp³-hybridized carbons (Fsp3) is 0.321. The van der Waals surface area contributed by atoms with Gasteiger partial charge in [-0.1, -0.05) is 54.6 Å². The quantitative estimate of drug-likeness (QED) is 0.524. The molecule has 0 spiro atoms. The second kappa shape index (κ2) is 9.28. The third-order valence-electron chi connectivity index (χ3n) is 6.34. The first-order chi connectivity index (χ1) is 16.2. The molecule has 0 aliphatic carbocycles. The lowest BCUT2D eigenvalue weighted by atomic mass is 9.80. The molecule has 1 aliphatic rings. The predicted molar refractivity (Wildman–Crippen MR) is 130 cm³/mol. The number of rotatable bonds is 6. The summed E-state index contributed by atoms with van der Waals surface area (Å²) in [6, 6.07) is 23.1. The van der Waals surface area contributed by atoms with E-state index in [-0.39, 0.29) is 12.1 Å². The summed E-state index contributed by atoms with van der Waals surface area (Å²) in [4.78, 5) is 19.3. The predicted octanol–water partition coefficient (Wildman–Crippen LogP) is 5.58. The fourth-order valence-corrected chi connectivity index (χ4v) is 4.63. The minimum absolute atomic E-state index is 0.175. The van der Waals surface area contributed by atoms with Crippen molar-refractivity contribution < 1.29 is 14.6 Å². The molecule has 174 valence electrons. The van der Waals surface area contributed by atoms with Gasteiger partial charge >= 0.3 is 6.09 Å². The number of pyridine rings is 1. The van der Waals surface area contributed by atoms with E-state index in [1.165, 1.54) is 0 Å². The van der Waals surface area contributed by atoms with Gasteiger partial charge in [0.1, 0.15) is 11.7 Å². The average Bonchev–Trinajstić information content (AvgIpc) is 2.83. The highest BCUT2D eigenvalue weighted by Crippen LogP contribution is 2.42. The Labute approximate surface area is 200 Å². The third kappa shape index (κ3) is 4.95. The SMILES string of the molecule is CC(c1ccc(-c2ccc(C#N)cn2)cc1)N1CCC(CC(C)(C)O)(c2ccccc2)OC1=O. The molecule has 2 heterocycles. The van der Waals surface area contributed by atoms with Gasteiger partial charge in [-0.15, -0.1) is 0 Å². The van der Waals surface area contributed by atoms with Crippen LogP contribution in [0.1, 0.15) is 56.3 Å². The Kier molecular flexibility index (Phi) is 6.41. The Hall–Kier alpha value is -3.69. The van der Waals surface area contributed by atoms with Crippen LogP contribution in [0.5, 0.6) is 0 Å². The minimum Gasteiger partial charge on any atom is -0.438 e. The molecular formula is C28H29N3O3. The lowest BCUT2D eigenvalue weighted by Crippen LogP contribution is -2.51. The Balaban J connectivity index is 1.52. The minimum atomic E-state index is -0.987. The second-order valence-electron chi connectivity index (χ2n) is 9.50. The number of carbonyl (C=O) groups is 1. The van der Waals surface area contributed by atoms with Crippen LogP contribution >= 0.6 is 0 Å². The number of aromatic nitrogens is 1.